The van der Waals surface area contributed by atoms with E-state index >= 15 is 0 Å². The first kappa shape index (κ1) is 27.7. The van der Waals surface area contributed by atoms with Crippen molar-refractivity contribution in [2.75, 3.05) is 6.61 Å². The van der Waals surface area contributed by atoms with Gasteiger partial charge in [-0.3, -0.25) is 0 Å². The highest BCUT2D eigenvalue weighted by molar-refractivity contribution is 5.55. The van der Waals surface area contributed by atoms with E-state index in [9.17, 15) is 0 Å². The van der Waals surface area contributed by atoms with Gasteiger partial charge in [0.2, 0.25) is 0 Å². The number of hydrogen-bond acceptors (Lipinski definition) is 3. The molecule has 1 aliphatic carbocycles. The lowest BCUT2D eigenvalue weighted by atomic mass is 9.75. The molecule has 0 spiro atoms. The zero-order valence-corrected chi connectivity index (χ0v) is 22.6. The van der Waals surface area contributed by atoms with Crippen molar-refractivity contribution in [1.82, 2.24) is 9.97 Å². The van der Waals surface area contributed by atoms with Gasteiger partial charge in [-0.2, -0.15) is 0 Å². The summed E-state index contributed by atoms with van der Waals surface area (Å²) in [4.78, 5) is 9.24. The van der Waals surface area contributed by atoms with Crippen LogP contribution in [0.5, 0.6) is 5.75 Å². The third kappa shape index (κ3) is 10.3. The Morgan fingerprint density at radius 2 is 1.31 bits per heavy atom. The molecule has 1 aromatic carbocycles. The van der Waals surface area contributed by atoms with Crippen LogP contribution in [-0.2, 0) is 6.42 Å². The summed E-state index contributed by atoms with van der Waals surface area (Å²) in [5, 5.41) is 0. The quantitative estimate of drug-likeness (QED) is 0.212. The summed E-state index contributed by atoms with van der Waals surface area (Å²) in [7, 11) is 0. The molecule has 0 saturated heterocycles. The standard InChI is InChI=1S/C32H50N2O/c1-3-5-7-8-9-10-11-15-27-25-33-32(34-26-27)30-20-22-31(23-21-30)35-24-14-19-29-18-13-12-17-28(29)16-6-4-2/h20-23,25-26,28-29H,3-19,24H2,1-2H3. The van der Waals surface area contributed by atoms with Crippen molar-refractivity contribution in [3.63, 3.8) is 0 Å². The monoisotopic (exact) mass is 478 g/mol. The van der Waals surface area contributed by atoms with Crippen molar-refractivity contribution in [1.29, 1.82) is 0 Å². The molecule has 1 saturated carbocycles. The largest absolute Gasteiger partial charge is 0.494 e. The van der Waals surface area contributed by atoms with E-state index in [4.69, 9.17) is 4.74 Å². The average Bonchev–Trinajstić information content (AvgIpc) is 2.91. The summed E-state index contributed by atoms with van der Waals surface area (Å²) < 4.78 is 6.07. The minimum Gasteiger partial charge on any atom is -0.494 e. The van der Waals surface area contributed by atoms with Crippen LogP contribution in [0.3, 0.4) is 0 Å². The molecule has 3 heteroatoms. The first-order valence-corrected chi connectivity index (χ1v) is 14.8. The summed E-state index contributed by atoms with van der Waals surface area (Å²) in [5.74, 6) is 3.64. The van der Waals surface area contributed by atoms with Crippen molar-refractivity contribution in [3.8, 4) is 17.1 Å². The Hall–Kier alpha value is -1.90. The first-order chi connectivity index (χ1) is 17.3. The number of ether oxygens (including phenoxy) is 1. The van der Waals surface area contributed by atoms with E-state index in [1.54, 1.807) is 0 Å². The fourth-order valence-corrected chi connectivity index (χ4v) is 5.67. The fourth-order valence-electron chi connectivity index (χ4n) is 5.67. The second kappa shape index (κ2) is 16.7. The van der Waals surface area contributed by atoms with Crippen LogP contribution in [0.15, 0.2) is 36.7 Å². The molecule has 3 rings (SSSR count). The molecule has 194 valence electrons. The number of aryl methyl sites for hydroxylation is 1. The molecular formula is C32H50N2O. The van der Waals surface area contributed by atoms with Crippen molar-refractivity contribution in [2.45, 2.75) is 123 Å². The summed E-state index contributed by atoms with van der Waals surface area (Å²) in [6.07, 6.45) is 26.9. The first-order valence-electron chi connectivity index (χ1n) is 14.8. The van der Waals surface area contributed by atoms with Crippen molar-refractivity contribution in [3.05, 3.63) is 42.2 Å². The smallest absolute Gasteiger partial charge is 0.159 e. The van der Waals surface area contributed by atoms with Crippen LogP contribution < -0.4 is 4.74 Å². The number of unbranched alkanes of at least 4 members (excludes halogenated alkanes) is 7. The Morgan fingerprint density at radius 3 is 1.97 bits per heavy atom. The predicted molar refractivity (Wildman–Crippen MR) is 149 cm³/mol. The minimum atomic E-state index is 0.801. The summed E-state index contributed by atoms with van der Waals surface area (Å²) in [6.45, 7) is 5.41. The van der Waals surface area contributed by atoms with Gasteiger partial charge in [0.05, 0.1) is 6.61 Å². The van der Waals surface area contributed by atoms with Crippen LogP contribution in [0.25, 0.3) is 11.4 Å². The Kier molecular flexibility index (Phi) is 13.2. The summed E-state index contributed by atoms with van der Waals surface area (Å²) >= 11 is 0. The lowest BCUT2D eigenvalue weighted by Gasteiger charge is -2.31. The van der Waals surface area contributed by atoms with Crippen molar-refractivity contribution < 1.29 is 4.74 Å². The molecule has 1 aromatic heterocycles. The van der Waals surface area contributed by atoms with E-state index in [1.807, 2.05) is 12.4 Å². The van der Waals surface area contributed by atoms with Gasteiger partial charge in [-0.1, -0.05) is 97.3 Å². The molecule has 35 heavy (non-hydrogen) atoms. The van der Waals surface area contributed by atoms with E-state index in [1.165, 1.54) is 108 Å². The molecule has 1 fully saturated rings. The van der Waals surface area contributed by atoms with Gasteiger partial charge in [-0.05, 0) is 67.3 Å². The van der Waals surface area contributed by atoms with Gasteiger partial charge < -0.3 is 4.74 Å². The highest BCUT2D eigenvalue weighted by Crippen LogP contribution is 2.36. The SMILES string of the molecule is CCCCCCCCCc1cnc(-c2ccc(OCCCC3CCCCC3CCCC)cc2)nc1. The number of rotatable bonds is 17. The Morgan fingerprint density at radius 1 is 0.714 bits per heavy atom. The van der Waals surface area contributed by atoms with Crippen molar-refractivity contribution in [2.24, 2.45) is 11.8 Å². The molecule has 2 aromatic rings. The highest BCUT2D eigenvalue weighted by atomic mass is 16.5. The summed E-state index contributed by atoms with van der Waals surface area (Å²) in [6, 6.07) is 8.30. The normalized spacial score (nSPS) is 18.0. The lowest BCUT2D eigenvalue weighted by Crippen LogP contribution is -2.20. The highest BCUT2D eigenvalue weighted by Gasteiger charge is 2.24. The molecule has 0 aliphatic heterocycles. The number of aromatic nitrogens is 2. The molecule has 2 atom stereocenters. The number of hydrogen-bond donors (Lipinski definition) is 0. The zero-order valence-electron chi connectivity index (χ0n) is 22.6. The maximum Gasteiger partial charge on any atom is 0.159 e. The number of nitrogens with zero attached hydrogens (tertiary/aromatic N) is 2. The van der Waals surface area contributed by atoms with Crippen LogP contribution in [-0.4, -0.2) is 16.6 Å². The third-order valence-corrected chi connectivity index (χ3v) is 7.87. The molecule has 0 amide bonds. The Balaban J connectivity index is 1.35. The molecule has 3 nitrogen and oxygen atoms in total. The average molecular weight is 479 g/mol. The van der Waals surface area contributed by atoms with Crippen LogP contribution in [0.1, 0.15) is 122 Å². The van der Waals surface area contributed by atoms with Crippen molar-refractivity contribution >= 4 is 0 Å². The van der Waals surface area contributed by atoms with Gasteiger partial charge in [0.1, 0.15) is 5.75 Å². The minimum absolute atomic E-state index is 0.801. The van der Waals surface area contributed by atoms with Gasteiger partial charge >= 0.3 is 0 Å². The zero-order chi connectivity index (χ0) is 24.6. The van der Waals surface area contributed by atoms with Gasteiger partial charge in [-0.25, -0.2) is 9.97 Å². The van der Waals surface area contributed by atoms with Crippen LogP contribution in [0, 0.1) is 11.8 Å². The summed E-state index contributed by atoms with van der Waals surface area (Å²) in [5.41, 5.74) is 2.30. The Bertz CT molecular complexity index is 786. The van der Waals surface area contributed by atoms with E-state index < -0.39 is 0 Å². The van der Waals surface area contributed by atoms with Crippen LogP contribution in [0.2, 0.25) is 0 Å². The van der Waals surface area contributed by atoms with Gasteiger partial charge in [0, 0.05) is 18.0 Å². The molecule has 0 N–H and O–H groups in total. The Labute approximate surface area is 215 Å². The fraction of sp³-hybridized carbons (Fsp3) is 0.688. The third-order valence-electron chi connectivity index (χ3n) is 7.87. The molecule has 1 aliphatic rings. The molecule has 0 bridgehead atoms. The predicted octanol–water partition coefficient (Wildman–Crippen LogP) is 9.59. The van der Waals surface area contributed by atoms with Gasteiger partial charge in [0.15, 0.2) is 5.82 Å². The molecular weight excluding hydrogens is 428 g/mol. The van der Waals surface area contributed by atoms with Gasteiger partial charge in [0.25, 0.3) is 0 Å². The topological polar surface area (TPSA) is 35.0 Å². The van der Waals surface area contributed by atoms with E-state index in [-0.39, 0.29) is 0 Å². The molecule has 2 unspecified atom stereocenters. The molecule has 1 heterocycles. The lowest BCUT2D eigenvalue weighted by molar-refractivity contribution is 0.191. The van der Waals surface area contributed by atoms with E-state index in [0.717, 1.165) is 42.0 Å². The molecule has 0 radical (unpaired) electrons. The van der Waals surface area contributed by atoms with E-state index in [2.05, 4.69) is 48.1 Å². The van der Waals surface area contributed by atoms with Crippen LogP contribution >= 0.6 is 0 Å². The van der Waals surface area contributed by atoms with Crippen LogP contribution in [0.4, 0.5) is 0 Å². The maximum absolute atomic E-state index is 6.07. The number of benzene rings is 1. The van der Waals surface area contributed by atoms with E-state index in [0.29, 0.717) is 0 Å². The second-order valence-corrected chi connectivity index (χ2v) is 10.7. The van der Waals surface area contributed by atoms with Gasteiger partial charge in [-0.15, -0.1) is 0 Å². The maximum atomic E-state index is 6.07. The second-order valence-electron chi connectivity index (χ2n) is 10.7.